The van der Waals surface area contributed by atoms with Crippen LogP contribution in [0.2, 0.25) is 0 Å². The smallest absolute Gasteiger partial charge is 0.497 e. The van der Waals surface area contributed by atoms with Gasteiger partial charge < -0.3 is 42.6 Å². The van der Waals surface area contributed by atoms with Gasteiger partial charge in [0.2, 0.25) is 0 Å². The summed E-state index contributed by atoms with van der Waals surface area (Å²) in [5.41, 5.74) is -1.38. The number of ether oxygens (including phenoxy) is 9. The first-order valence-electron chi connectivity index (χ1n) is 18.9. The molecule has 7 aliphatic rings. The fraction of sp³-hybridized carbons (Fsp3) is 0.548. The molecule has 0 amide bonds. The molecular weight excluding hydrogens is 696 g/mol. The molecule has 8 atom stereocenters. The van der Waals surface area contributed by atoms with Crippen LogP contribution in [0.3, 0.4) is 0 Å². The lowest BCUT2D eigenvalue weighted by Gasteiger charge is -2.63. The Kier molecular flexibility index (Phi) is 8.70. The van der Waals surface area contributed by atoms with Gasteiger partial charge in [-0.05, 0) is 94.5 Å². The van der Waals surface area contributed by atoms with Crippen LogP contribution < -0.4 is 9.47 Å². The van der Waals surface area contributed by atoms with E-state index in [1.165, 1.54) is 0 Å². The summed E-state index contributed by atoms with van der Waals surface area (Å²) in [5, 5.41) is 0. The topological polar surface area (TPSA) is 141 Å². The molecule has 5 heterocycles. The molecule has 6 fully saturated rings. The molecule has 4 saturated heterocycles. The molecule has 2 aliphatic carbocycles. The third kappa shape index (κ3) is 5.54. The van der Waals surface area contributed by atoms with Crippen LogP contribution >= 0.6 is 0 Å². The Morgan fingerprint density at radius 2 is 1.50 bits per heavy atom. The van der Waals surface area contributed by atoms with Gasteiger partial charge in [-0.25, -0.2) is 14.4 Å². The van der Waals surface area contributed by atoms with Gasteiger partial charge in [-0.15, -0.1) is 0 Å². The number of cyclic esters (lactones) is 1. The van der Waals surface area contributed by atoms with Gasteiger partial charge in [0.15, 0.2) is 17.6 Å². The quantitative estimate of drug-likeness (QED) is 0.100. The second kappa shape index (κ2) is 12.8. The van der Waals surface area contributed by atoms with Crippen LogP contribution in [0, 0.1) is 11.8 Å². The van der Waals surface area contributed by atoms with Crippen molar-refractivity contribution >= 4 is 23.9 Å². The second-order valence-corrected chi connectivity index (χ2v) is 16.4. The number of benzene rings is 2. The number of epoxide rings is 2. The number of unbranched alkanes of at least 4 members (excludes halogenated alkanes) is 1. The summed E-state index contributed by atoms with van der Waals surface area (Å²) in [6.45, 7) is 11.5. The molecule has 2 bridgehead atoms. The van der Waals surface area contributed by atoms with E-state index in [1.54, 1.807) is 83.5 Å². The van der Waals surface area contributed by atoms with E-state index < -0.39 is 46.6 Å². The van der Waals surface area contributed by atoms with Gasteiger partial charge in [0.05, 0.1) is 25.9 Å². The zero-order chi connectivity index (χ0) is 38.4. The Hall–Kier alpha value is -4.39. The van der Waals surface area contributed by atoms with Gasteiger partial charge in [0.1, 0.15) is 46.1 Å². The highest BCUT2D eigenvalue weighted by atomic mass is 16.8. The van der Waals surface area contributed by atoms with Crippen LogP contribution in [0.4, 0.5) is 4.79 Å². The van der Waals surface area contributed by atoms with Crippen molar-refractivity contribution in [3.8, 4) is 11.5 Å². The summed E-state index contributed by atoms with van der Waals surface area (Å²) < 4.78 is 55.0. The third-order valence-electron chi connectivity index (χ3n) is 11.9. The first-order chi connectivity index (χ1) is 25.7. The predicted molar refractivity (Wildman–Crippen MR) is 192 cm³/mol. The molecule has 0 radical (unpaired) electrons. The number of methoxy groups -OCH3 is 2. The first-order valence-corrected chi connectivity index (χ1v) is 18.9. The van der Waals surface area contributed by atoms with E-state index in [2.05, 4.69) is 20.8 Å². The number of hydrogen-bond acceptors (Lipinski definition) is 12. The van der Waals surface area contributed by atoms with Gasteiger partial charge in [-0.2, -0.15) is 0 Å². The van der Waals surface area contributed by atoms with Crippen LogP contribution in [-0.2, 0) is 38.0 Å². The Morgan fingerprint density at radius 3 is 2.07 bits per heavy atom. The van der Waals surface area contributed by atoms with Gasteiger partial charge in [-0.1, -0.05) is 27.2 Å². The molecule has 2 aromatic carbocycles. The number of carbonyl (C=O) groups is 3. The highest BCUT2D eigenvalue weighted by Crippen LogP contribution is 2.77. The lowest BCUT2D eigenvalue weighted by atomic mass is 9.53. The van der Waals surface area contributed by atoms with Crippen LogP contribution in [0.25, 0.3) is 5.76 Å². The Labute approximate surface area is 315 Å². The van der Waals surface area contributed by atoms with E-state index in [-0.39, 0.29) is 47.2 Å². The molecule has 2 aromatic rings. The highest BCUT2D eigenvalue weighted by molar-refractivity contribution is 5.99. The van der Waals surface area contributed by atoms with E-state index in [9.17, 15) is 14.4 Å². The molecule has 2 saturated carbocycles. The molecule has 12 heteroatoms. The van der Waals surface area contributed by atoms with Crippen molar-refractivity contribution in [3.63, 3.8) is 0 Å². The average Bonchev–Trinajstić information content (AvgIpc) is 4.02. The normalized spacial score (nSPS) is 33.7. The molecule has 54 heavy (non-hydrogen) atoms. The highest BCUT2D eigenvalue weighted by Gasteiger charge is 2.95. The third-order valence-corrected chi connectivity index (χ3v) is 11.9. The minimum absolute atomic E-state index is 0.00179. The molecule has 5 aliphatic heterocycles. The molecule has 12 nitrogen and oxygen atoms in total. The van der Waals surface area contributed by atoms with Gasteiger partial charge in [0.25, 0.3) is 0 Å². The summed E-state index contributed by atoms with van der Waals surface area (Å²) >= 11 is 0. The average molecular weight is 745 g/mol. The van der Waals surface area contributed by atoms with Crippen molar-refractivity contribution in [3.05, 3.63) is 76.6 Å². The maximum Gasteiger partial charge on any atom is 0.509 e. The van der Waals surface area contributed by atoms with Crippen LogP contribution in [0.5, 0.6) is 11.5 Å². The number of allylic oxidation sites excluding steroid dienone is 1. The zero-order valence-electron chi connectivity index (χ0n) is 32.0. The van der Waals surface area contributed by atoms with E-state index in [0.717, 1.165) is 12.8 Å². The second-order valence-electron chi connectivity index (χ2n) is 16.4. The van der Waals surface area contributed by atoms with E-state index in [0.29, 0.717) is 47.5 Å². The molecule has 1 unspecified atom stereocenters. The van der Waals surface area contributed by atoms with Crippen LogP contribution in [0.15, 0.2) is 65.4 Å². The summed E-state index contributed by atoms with van der Waals surface area (Å²) in [6.07, 6.45) is 0.477. The molecule has 288 valence electrons. The summed E-state index contributed by atoms with van der Waals surface area (Å²) in [5.74, 6) is -0.00996. The minimum Gasteiger partial charge on any atom is -0.497 e. The number of esters is 2. The molecule has 0 aromatic heterocycles. The Bertz CT molecular complexity index is 1910. The van der Waals surface area contributed by atoms with Crippen molar-refractivity contribution in [2.24, 2.45) is 11.8 Å². The molecule has 0 N–H and O–H groups in total. The fourth-order valence-corrected chi connectivity index (χ4v) is 9.22. The van der Waals surface area contributed by atoms with E-state index in [1.807, 2.05) is 0 Å². The zero-order valence-corrected chi connectivity index (χ0v) is 32.0. The number of carbonyl (C=O) groups excluding carboxylic acids is 3. The Morgan fingerprint density at radius 1 is 0.870 bits per heavy atom. The number of rotatable bonds is 11. The molecule has 2 spiro atoms. The van der Waals surface area contributed by atoms with Crippen molar-refractivity contribution in [2.45, 2.75) is 120 Å². The molecule has 9 rings (SSSR count). The number of hydrogen-bond donors (Lipinski definition) is 0. The lowest BCUT2D eigenvalue weighted by molar-refractivity contribution is -0.332. The van der Waals surface area contributed by atoms with Crippen LogP contribution in [0.1, 0.15) is 89.6 Å². The van der Waals surface area contributed by atoms with Gasteiger partial charge in [0, 0.05) is 29.0 Å². The Balaban J connectivity index is 1.20. The van der Waals surface area contributed by atoms with E-state index >= 15 is 0 Å². The monoisotopic (exact) mass is 744 g/mol. The van der Waals surface area contributed by atoms with Crippen LogP contribution in [-0.4, -0.2) is 79.1 Å². The SMILES string of the molecule is CCCCC1=C([C@H]2C[C@]34O[C@H]3[C@@H]3O[C@]3(C(C)C)[C@@H](OC(=O)OC(C)(C)C)[C@]43CC2O3)/C(=C(\OC(=O)c2ccc(OC)cc2)c2ccc(OC)cc2)OC1=O. The molecular formula is C42H48O12. The van der Waals surface area contributed by atoms with Crippen molar-refractivity contribution in [1.29, 1.82) is 0 Å². The lowest BCUT2D eigenvalue weighted by Crippen LogP contribution is -2.79. The summed E-state index contributed by atoms with van der Waals surface area (Å²) in [4.78, 5) is 41.0. The fourth-order valence-electron chi connectivity index (χ4n) is 9.22. The largest absolute Gasteiger partial charge is 0.509 e. The van der Waals surface area contributed by atoms with E-state index in [4.69, 9.17) is 42.6 Å². The maximum atomic E-state index is 13.9. The van der Waals surface area contributed by atoms with Crippen molar-refractivity contribution in [1.82, 2.24) is 0 Å². The first kappa shape index (κ1) is 36.6. The summed E-state index contributed by atoms with van der Waals surface area (Å²) in [6, 6.07) is 13.6. The van der Waals surface area contributed by atoms with Crippen molar-refractivity contribution in [2.75, 3.05) is 14.2 Å². The maximum absolute atomic E-state index is 13.9. The standard InChI is InChI=1S/C42H48O12/c1-9-10-11-27-30(32(49-36(27)44)31(23-12-16-25(46-7)17-13-23)48-35(43)24-14-18-26(47-8)19-15-24)28-20-40-33(52-40)34-42(53-34,22(2)3)37(41(40)21-29(28)51-41)50-38(45)54-39(4,5)6/h12-19,22,28-29,33-34,37H,9-11,20-21H2,1-8H3/b32-31+/t28-,29?,33-,34-,37-,40-,41+,42-/m0/s1. The predicted octanol–water partition coefficient (Wildman–Crippen LogP) is 7.09. The van der Waals surface area contributed by atoms with Gasteiger partial charge in [-0.3, -0.25) is 0 Å². The summed E-state index contributed by atoms with van der Waals surface area (Å²) in [7, 11) is 3.12. The van der Waals surface area contributed by atoms with Crippen molar-refractivity contribution < 1.29 is 57.0 Å². The number of fused-ring (bicyclic) bond motifs is 3. The minimum atomic E-state index is -0.968. The van der Waals surface area contributed by atoms with Gasteiger partial charge >= 0.3 is 18.1 Å².